The zero-order valence-electron chi connectivity index (χ0n) is 13.4. The van der Waals surface area contributed by atoms with Crippen LogP contribution in [0.15, 0.2) is 0 Å². The molecule has 114 valence electrons. The number of nitriles is 1. The number of morpholine rings is 1. The molecule has 0 aliphatic carbocycles. The van der Waals surface area contributed by atoms with E-state index in [1.165, 1.54) is 0 Å². The Balaban J connectivity index is 2.42. The van der Waals surface area contributed by atoms with Gasteiger partial charge in [0.05, 0.1) is 17.9 Å². The van der Waals surface area contributed by atoms with Crippen molar-refractivity contribution < 1.29 is 4.74 Å². The Labute approximate surface area is 126 Å². The van der Waals surface area contributed by atoms with Crippen LogP contribution in [0, 0.1) is 11.3 Å². The number of aromatic nitrogens is 2. The predicted molar refractivity (Wildman–Crippen MR) is 82.4 cm³/mol. The highest BCUT2D eigenvalue weighted by atomic mass is 16.5. The molecule has 0 radical (unpaired) electrons. The van der Waals surface area contributed by atoms with Crippen molar-refractivity contribution in [2.24, 2.45) is 0 Å². The molecule has 1 fully saturated rings. The molecule has 0 saturated carbocycles. The lowest BCUT2D eigenvalue weighted by Crippen LogP contribution is -2.50. The highest BCUT2D eigenvalue weighted by Crippen LogP contribution is 2.28. The van der Waals surface area contributed by atoms with Crippen LogP contribution in [-0.2, 0) is 17.6 Å². The largest absolute Gasteiger partial charge is 0.372 e. The molecule has 1 aromatic heterocycles. The van der Waals surface area contributed by atoms with Gasteiger partial charge in [0.25, 0.3) is 0 Å². The van der Waals surface area contributed by atoms with Gasteiger partial charge in [-0.25, -0.2) is 0 Å². The number of nitrogens with zero attached hydrogens (tertiary/aromatic N) is 4. The molecule has 1 atom stereocenters. The molecule has 1 aromatic rings. The molecular formula is C16H24N4O. The van der Waals surface area contributed by atoms with Crippen molar-refractivity contribution >= 4 is 5.82 Å². The first-order valence-corrected chi connectivity index (χ1v) is 7.76. The lowest BCUT2D eigenvalue weighted by atomic mass is 9.99. The standard InChI is InChI=1S/C16H24N4O/c1-5-12-13(10-17)15(19-18-14(12)6-2)20-8-9-21-16(4,7-3)11-20/h5-9,11H2,1-4H3. The molecule has 1 aliphatic rings. The van der Waals surface area contributed by atoms with Crippen LogP contribution >= 0.6 is 0 Å². The Morgan fingerprint density at radius 1 is 1.29 bits per heavy atom. The number of hydrogen-bond acceptors (Lipinski definition) is 5. The van der Waals surface area contributed by atoms with Crippen LogP contribution in [-0.4, -0.2) is 35.5 Å². The van der Waals surface area contributed by atoms with Gasteiger partial charge in [0.2, 0.25) is 0 Å². The summed E-state index contributed by atoms with van der Waals surface area (Å²) in [7, 11) is 0. The van der Waals surface area contributed by atoms with Crippen molar-refractivity contribution in [3.8, 4) is 6.07 Å². The highest BCUT2D eigenvalue weighted by molar-refractivity contribution is 5.58. The van der Waals surface area contributed by atoms with Crippen LogP contribution < -0.4 is 4.90 Å². The van der Waals surface area contributed by atoms with Gasteiger partial charge in [-0.1, -0.05) is 20.8 Å². The third-order valence-electron chi connectivity index (χ3n) is 4.32. The maximum Gasteiger partial charge on any atom is 0.169 e. The van der Waals surface area contributed by atoms with E-state index < -0.39 is 0 Å². The van der Waals surface area contributed by atoms with Crippen LogP contribution in [0.5, 0.6) is 0 Å². The van der Waals surface area contributed by atoms with Crippen LogP contribution in [0.25, 0.3) is 0 Å². The van der Waals surface area contributed by atoms with E-state index in [1.54, 1.807) is 0 Å². The van der Waals surface area contributed by atoms with Crippen molar-refractivity contribution in [3.05, 3.63) is 16.8 Å². The number of anilines is 1. The Bertz CT molecular complexity index is 552. The second-order valence-corrected chi connectivity index (χ2v) is 5.72. The zero-order chi connectivity index (χ0) is 15.5. The SMILES string of the molecule is CCc1nnc(N2CCOC(C)(CC)C2)c(C#N)c1CC. The van der Waals surface area contributed by atoms with E-state index in [4.69, 9.17) is 4.74 Å². The summed E-state index contributed by atoms with van der Waals surface area (Å²) >= 11 is 0. The van der Waals surface area contributed by atoms with E-state index in [0.717, 1.165) is 49.4 Å². The van der Waals surface area contributed by atoms with Gasteiger partial charge >= 0.3 is 0 Å². The van der Waals surface area contributed by atoms with Crippen LogP contribution in [0.2, 0.25) is 0 Å². The lowest BCUT2D eigenvalue weighted by Gasteiger charge is -2.40. The maximum atomic E-state index is 9.59. The van der Waals surface area contributed by atoms with Crippen molar-refractivity contribution in [2.45, 2.75) is 52.6 Å². The van der Waals surface area contributed by atoms with Gasteiger partial charge in [-0.05, 0) is 31.7 Å². The van der Waals surface area contributed by atoms with Crippen molar-refractivity contribution in [2.75, 3.05) is 24.6 Å². The summed E-state index contributed by atoms with van der Waals surface area (Å²) in [6.07, 6.45) is 2.55. The molecule has 1 aliphatic heterocycles. The molecule has 0 spiro atoms. The average molecular weight is 288 g/mol. The first-order valence-electron chi connectivity index (χ1n) is 7.76. The molecule has 21 heavy (non-hydrogen) atoms. The molecule has 0 aromatic carbocycles. The second-order valence-electron chi connectivity index (χ2n) is 5.72. The molecular weight excluding hydrogens is 264 g/mol. The van der Waals surface area contributed by atoms with Gasteiger partial charge in [-0.2, -0.15) is 10.4 Å². The number of aryl methyl sites for hydroxylation is 1. The summed E-state index contributed by atoms with van der Waals surface area (Å²) < 4.78 is 5.87. The monoisotopic (exact) mass is 288 g/mol. The minimum atomic E-state index is -0.178. The average Bonchev–Trinajstić information content (AvgIpc) is 2.53. The molecule has 0 N–H and O–H groups in total. The third-order valence-corrected chi connectivity index (χ3v) is 4.32. The van der Waals surface area contributed by atoms with Crippen LogP contribution in [0.4, 0.5) is 5.82 Å². The summed E-state index contributed by atoms with van der Waals surface area (Å²) in [5.41, 5.74) is 2.48. The van der Waals surface area contributed by atoms with Gasteiger partial charge in [-0.3, -0.25) is 0 Å². The first kappa shape index (κ1) is 15.7. The molecule has 5 heteroatoms. The highest BCUT2D eigenvalue weighted by Gasteiger charge is 2.32. The molecule has 2 rings (SSSR count). The topological polar surface area (TPSA) is 62.0 Å². The second kappa shape index (κ2) is 6.40. The van der Waals surface area contributed by atoms with E-state index in [-0.39, 0.29) is 5.60 Å². The summed E-state index contributed by atoms with van der Waals surface area (Å²) in [5, 5.41) is 18.3. The van der Waals surface area contributed by atoms with E-state index >= 15 is 0 Å². The normalized spacial score (nSPS) is 22.1. The molecule has 0 amide bonds. The number of hydrogen-bond donors (Lipinski definition) is 0. The Hall–Kier alpha value is -1.67. The van der Waals surface area contributed by atoms with E-state index in [9.17, 15) is 5.26 Å². The zero-order valence-corrected chi connectivity index (χ0v) is 13.4. The molecule has 1 saturated heterocycles. The summed E-state index contributed by atoms with van der Waals surface area (Å²) in [5.74, 6) is 0.717. The van der Waals surface area contributed by atoms with Crippen LogP contribution in [0.1, 0.15) is 50.9 Å². The minimum Gasteiger partial charge on any atom is -0.372 e. The fraction of sp³-hybridized carbons (Fsp3) is 0.688. The fourth-order valence-corrected chi connectivity index (χ4v) is 2.83. The van der Waals surface area contributed by atoms with Crippen LogP contribution in [0.3, 0.4) is 0 Å². The lowest BCUT2D eigenvalue weighted by molar-refractivity contribution is -0.0443. The summed E-state index contributed by atoms with van der Waals surface area (Å²) in [6, 6.07) is 2.35. The molecule has 5 nitrogen and oxygen atoms in total. The maximum absolute atomic E-state index is 9.59. The number of ether oxygens (including phenoxy) is 1. The fourth-order valence-electron chi connectivity index (χ4n) is 2.83. The molecule has 0 bridgehead atoms. The van der Waals surface area contributed by atoms with E-state index in [2.05, 4.69) is 41.9 Å². The summed E-state index contributed by atoms with van der Waals surface area (Å²) in [6.45, 7) is 10.5. The smallest absolute Gasteiger partial charge is 0.169 e. The quantitative estimate of drug-likeness (QED) is 0.851. The third kappa shape index (κ3) is 3.01. The van der Waals surface area contributed by atoms with Crippen molar-refractivity contribution in [3.63, 3.8) is 0 Å². The first-order chi connectivity index (χ1) is 10.1. The Morgan fingerprint density at radius 3 is 2.62 bits per heavy atom. The van der Waals surface area contributed by atoms with Gasteiger partial charge < -0.3 is 9.64 Å². The van der Waals surface area contributed by atoms with E-state index in [0.29, 0.717) is 12.2 Å². The molecule has 2 heterocycles. The van der Waals surface area contributed by atoms with Crippen molar-refractivity contribution in [1.29, 1.82) is 5.26 Å². The summed E-state index contributed by atoms with van der Waals surface area (Å²) in [4.78, 5) is 2.15. The Kier molecular flexibility index (Phi) is 4.79. The van der Waals surface area contributed by atoms with Gasteiger partial charge in [0.15, 0.2) is 5.82 Å². The predicted octanol–water partition coefficient (Wildman–Crippen LogP) is 2.48. The van der Waals surface area contributed by atoms with Gasteiger partial charge in [0, 0.05) is 13.1 Å². The van der Waals surface area contributed by atoms with Gasteiger partial charge in [0.1, 0.15) is 11.6 Å². The Morgan fingerprint density at radius 2 is 2.05 bits per heavy atom. The molecule has 1 unspecified atom stereocenters. The van der Waals surface area contributed by atoms with Crippen molar-refractivity contribution in [1.82, 2.24) is 10.2 Å². The van der Waals surface area contributed by atoms with Gasteiger partial charge in [-0.15, -0.1) is 5.10 Å². The number of rotatable bonds is 4. The van der Waals surface area contributed by atoms with E-state index in [1.807, 2.05) is 6.92 Å². The minimum absolute atomic E-state index is 0.178.